The summed E-state index contributed by atoms with van der Waals surface area (Å²) in [5.74, 6) is -1.09. The fraction of sp³-hybridized carbons (Fsp3) is 0.417. The van der Waals surface area contributed by atoms with E-state index >= 15 is 0 Å². The Morgan fingerprint density at radius 3 is 2.89 bits per heavy atom. The zero-order chi connectivity index (χ0) is 13.1. The van der Waals surface area contributed by atoms with Crippen LogP contribution in [0.2, 0.25) is 10.0 Å². The Bertz CT molecular complexity index is 462. The van der Waals surface area contributed by atoms with E-state index in [1.165, 1.54) is 6.07 Å². The zero-order valence-electron chi connectivity index (χ0n) is 9.51. The van der Waals surface area contributed by atoms with Crippen molar-refractivity contribution in [1.29, 1.82) is 0 Å². The van der Waals surface area contributed by atoms with Gasteiger partial charge < -0.3 is 10.1 Å². The predicted octanol–water partition coefficient (Wildman–Crippen LogP) is 3.04. The summed E-state index contributed by atoms with van der Waals surface area (Å²) in [4.78, 5) is 11.8. The molecular weight excluding hydrogens is 280 g/mol. The molecule has 0 aromatic heterocycles. The molecule has 1 N–H and O–H groups in total. The Kier molecular flexibility index (Phi) is 4.43. The summed E-state index contributed by atoms with van der Waals surface area (Å²) in [6.45, 7) is 1.12. The second-order valence-electron chi connectivity index (χ2n) is 4.09. The third-order valence-corrected chi connectivity index (χ3v) is 3.37. The van der Waals surface area contributed by atoms with Crippen LogP contribution >= 0.6 is 23.2 Å². The topological polar surface area (TPSA) is 38.3 Å². The number of rotatable bonds is 3. The van der Waals surface area contributed by atoms with E-state index in [2.05, 4.69) is 5.32 Å². The molecule has 1 aromatic carbocycles. The summed E-state index contributed by atoms with van der Waals surface area (Å²) in [6.07, 6.45) is 1.95. The van der Waals surface area contributed by atoms with Crippen molar-refractivity contribution in [2.45, 2.75) is 18.9 Å². The van der Waals surface area contributed by atoms with Crippen molar-refractivity contribution in [3.05, 3.63) is 33.6 Å². The summed E-state index contributed by atoms with van der Waals surface area (Å²) in [5.41, 5.74) is 0.0802. The normalized spacial score (nSPS) is 18.9. The van der Waals surface area contributed by atoms with Crippen LogP contribution in [-0.2, 0) is 4.74 Å². The number of ether oxygens (including phenoxy) is 1. The van der Waals surface area contributed by atoms with Crippen molar-refractivity contribution < 1.29 is 13.9 Å². The summed E-state index contributed by atoms with van der Waals surface area (Å²) in [7, 11) is 0. The van der Waals surface area contributed by atoms with Crippen LogP contribution < -0.4 is 5.32 Å². The van der Waals surface area contributed by atoms with Crippen molar-refractivity contribution in [2.75, 3.05) is 13.2 Å². The highest BCUT2D eigenvalue weighted by molar-refractivity contribution is 6.36. The lowest BCUT2D eigenvalue weighted by molar-refractivity contribution is 0.0857. The van der Waals surface area contributed by atoms with Crippen LogP contribution in [0.3, 0.4) is 0 Å². The second kappa shape index (κ2) is 5.87. The fourth-order valence-corrected chi connectivity index (χ4v) is 2.27. The van der Waals surface area contributed by atoms with Crippen molar-refractivity contribution >= 4 is 29.1 Å². The molecule has 98 valence electrons. The molecule has 1 aromatic rings. The third-order valence-electron chi connectivity index (χ3n) is 2.77. The molecule has 1 aliphatic heterocycles. The van der Waals surface area contributed by atoms with Gasteiger partial charge in [0.15, 0.2) is 0 Å². The highest BCUT2D eigenvalue weighted by Gasteiger charge is 2.18. The summed E-state index contributed by atoms with van der Waals surface area (Å²) >= 11 is 11.4. The van der Waals surface area contributed by atoms with Crippen molar-refractivity contribution in [3.63, 3.8) is 0 Å². The number of amides is 1. The Morgan fingerprint density at radius 1 is 1.44 bits per heavy atom. The zero-order valence-corrected chi connectivity index (χ0v) is 11.0. The second-order valence-corrected chi connectivity index (χ2v) is 4.91. The average molecular weight is 292 g/mol. The highest BCUT2D eigenvalue weighted by Crippen LogP contribution is 2.24. The highest BCUT2D eigenvalue weighted by atomic mass is 35.5. The quantitative estimate of drug-likeness (QED) is 0.870. The summed E-state index contributed by atoms with van der Waals surface area (Å²) < 4.78 is 18.6. The van der Waals surface area contributed by atoms with Gasteiger partial charge in [-0.1, -0.05) is 23.2 Å². The molecule has 1 aliphatic rings. The van der Waals surface area contributed by atoms with Crippen LogP contribution in [0.5, 0.6) is 0 Å². The number of carbonyl (C=O) groups excluding carboxylic acids is 1. The Labute approximate surface area is 114 Å². The molecule has 1 fully saturated rings. The van der Waals surface area contributed by atoms with Gasteiger partial charge in [-0.15, -0.1) is 0 Å². The molecule has 0 aliphatic carbocycles. The maximum absolute atomic E-state index is 13.3. The molecule has 1 saturated heterocycles. The average Bonchev–Trinajstić information content (AvgIpc) is 2.84. The minimum Gasteiger partial charge on any atom is -0.376 e. The number of carbonyl (C=O) groups is 1. The van der Waals surface area contributed by atoms with Crippen molar-refractivity contribution in [2.24, 2.45) is 0 Å². The Morgan fingerprint density at radius 2 is 2.22 bits per heavy atom. The van der Waals surface area contributed by atoms with E-state index in [-0.39, 0.29) is 21.7 Å². The van der Waals surface area contributed by atoms with Gasteiger partial charge in [-0.3, -0.25) is 4.79 Å². The molecule has 1 unspecified atom stereocenters. The fourth-order valence-electron chi connectivity index (χ4n) is 1.80. The van der Waals surface area contributed by atoms with Crippen molar-refractivity contribution in [1.82, 2.24) is 5.32 Å². The molecule has 2 rings (SSSR count). The lowest BCUT2D eigenvalue weighted by atomic mass is 10.2. The van der Waals surface area contributed by atoms with Gasteiger partial charge in [0.2, 0.25) is 0 Å². The van der Waals surface area contributed by atoms with E-state index in [1.54, 1.807) is 0 Å². The molecule has 0 saturated carbocycles. The summed E-state index contributed by atoms with van der Waals surface area (Å²) in [6, 6.07) is 2.26. The number of hydrogen-bond acceptors (Lipinski definition) is 2. The number of nitrogens with one attached hydrogen (secondary N) is 1. The molecule has 0 bridgehead atoms. The first-order valence-corrected chi connectivity index (χ1v) is 6.38. The predicted molar refractivity (Wildman–Crippen MR) is 67.7 cm³/mol. The lowest BCUT2D eigenvalue weighted by Gasteiger charge is -2.11. The third kappa shape index (κ3) is 3.13. The summed E-state index contributed by atoms with van der Waals surface area (Å²) in [5, 5.41) is 2.70. The first-order chi connectivity index (χ1) is 8.58. The van der Waals surface area contributed by atoms with Crippen LogP contribution in [0.15, 0.2) is 12.1 Å². The minimum atomic E-state index is -0.664. The van der Waals surface area contributed by atoms with E-state index in [9.17, 15) is 9.18 Å². The van der Waals surface area contributed by atoms with Crippen LogP contribution in [-0.4, -0.2) is 25.2 Å². The molecule has 0 spiro atoms. The monoisotopic (exact) mass is 291 g/mol. The number of hydrogen-bond donors (Lipinski definition) is 1. The Balaban J connectivity index is 2.01. The van der Waals surface area contributed by atoms with Crippen molar-refractivity contribution in [3.8, 4) is 0 Å². The standard InChI is InChI=1S/C12H12Cl2FNO2/c13-9-5-10(14)11(15)4-8(9)12(17)16-6-7-2-1-3-18-7/h4-5,7H,1-3,6H2,(H,16,17). The maximum Gasteiger partial charge on any atom is 0.252 e. The molecule has 1 heterocycles. The largest absolute Gasteiger partial charge is 0.376 e. The van der Waals surface area contributed by atoms with Gasteiger partial charge in [-0.25, -0.2) is 4.39 Å². The molecule has 0 radical (unpaired) electrons. The maximum atomic E-state index is 13.3. The van der Waals surface area contributed by atoms with Gasteiger partial charge in [0.1, 0.15) is 5.82 Å². The van der Waals surface area contributed by atoms with E-state index in [4.69, 9.17) is 27.9 Å². The van der Waals surface area contributed by atoms with Crippen LogP contribution in [0.1, 0.15) is 23.2 Å². The minimum absolute atomic E-state index is 0.0323. The van der Waals surface area contributed by atoms with Gasteiger partial charge in [0.25, 0.3) is 5.91 Å². The van der Waals surface area contributed by atoms with Crippen LogP contribution in [0, 0.1) is 5.82 Å². The molecule has 18 heavy (non-hydrogen) atoms. The smallest absolute Gasteiger partial charge is 0.252 e. The Hall–Kier alpha value is -0.840. The SMILES string of the molecule is O=C(NCC1CCCO1)c1cc(F)c(Cl)cc1Cl. The molecule has 3 nitrogen and oxygen atoms in total. The van der Waals surface area contributed by atoms with Gasteiger partial charge in [-0.2, -0.15) is 0 Å². The van der Waals surface area contributed by atoms with E-state index < -0.39 is 11.7 Å². The number of benzene rings is 1. The van der Waals surface area contributed by atoms with Gasteiger partial charge in [0.05, 0.1) is 21.7 Å². The molecule has 1 amide bonds. The first-order valence-electron chi connectivity index (χ1n) is 5.62. The van der Waals surface area contributed by atoms with Gasteiger partial charge in [0, 0.05) is 13.2 Å². The first kappa shape index (κ1) is 13.6. The van der Waals surface area contributed by atoms with E-state index in [1.807, 2.05) is 0 Å². The molecular formula is C12H12Cl2FNO2. The van der Waals surface area contributed by atoms with Gasteiger partial charge >= 0.3 is 0 Å². The number of halogens is 3. The van der Waals surface area contributed by atoms with Gasteiger partial charge in [-0.05, 0) is 25.0 Å². The van der Waals surface area contributed by atoms with E-state index in [0.717, 1.165) is 25.5 Å². The van der Waals surface area contributed by atoms with Crippen LogP contribution in [0.4, 0.5) is 4.39 Å². The van der Waals surface area contributed by atoms with Crippen LogP contribution in [0.25, 0.3) is 0 Å². The lowest BCUT2D eigenvalue weighted by Crippen LogP contribution is -2.32. The van der Waals surface area contributed by atoms with E-state index in [0.29, 0.717) is 6.54 Å². The molecule has 6 heteroatoms. The molecule has 1 atom stereocenters.